The van der Waals surface area contributed by atoms with Gasteiger partial charge in [-0.1, -0.05) is 165 Å². The van der Waals surface area contributed by atoms with E-state index in [9.17, 15) is 14.7 Å². The number of hydrogen-bond donors (Lipinski definition) is 7. The fraction of sp³-hybridized carbons (Fsp3) is 0.250. The molecule has 0 aliphatic rings. The minimum Gasteiger partial charge on any atom is -1.00 e. The number of rotatable bonds is 20. The second-order valence-corrected chi connectivity index (χ2v) is 23.1. The van der Waals surface area contributed by atoms with E-state index in [1.165, 1.54) is 39.5 Å². The molecule has 3 aromatic heterocycles. The first-order valence-corrected chi connectivity index (χ1v) is 29.9. The summed E-state index contributed by atoms with van der Waals surface area (Å²) in [5, 5.41) is 56.0. The van der Waals surface area contributed by atoms with Crippen LogP contribution in [0.3, 0.4) is 0 Å². The second kappa shape index (κ2) is 44.2. The van der Waals surface area contributed by atoms with Crippen molar-refractivity contribution in [2.75, 3.05) is 51.6 Å². The summed E-state index contributed by atoms with van der Waals surface area (Å²) in [4.78, 5) is 58.1. The fourth-order valence-electron chi connectivity index (χ4n) is 7.18. The Morgan fingerprint density at radius 1 is 0.548 bits per heavy atom. The maximum Gasteiger partial charge on any atom is 1.00 e. The molecule has 0 amide bonds. The number of carboxylic acids is 2. The van der Waals surface area contributed by atoms with Gasteiger partial charge in [0.1, 0.15) is 27.1 Å². The Hall–Kier alpha value is -4.74. The molecule has 0 atom stereocenters. The summed E-state index contributed by atoms with van der Waals surface area (Å²) < 4.78 is 14.9. The molecule has 33 heteroatoms. The topological polar surface area (TPSA) is 320 Å². The Labute approximate surface area is 629 Å². The summed E-state index contributed by atoms with van der Waals surface area (Å²) in [7, 11) is 2.86. The number of anilines is 2. The Bertz CT molecular complexity index is 3660. The van der Waals surface area contributed by atoms with Crippen molar-refractivity contribution >= 4 is 147 Å². The third kappa shape index (κ3) is 30.5. The van der Waals surface area contributed by atoms with E-state index < -0.39 is 29.9 Å². The Morgan fingerprint density at radius 3 is 1.31 bits per heavy atom. The minimum atomic E-state index is -1.57. The molecular weight excluding hydrogens is 1410 g/mol. The summed E-state index contributed by atoms with van der Waals surface area (Å²) in [6.45, 7) is 8.15. The van der Waals surface area contributed by atoms with Crippen LogP contribution >= 0.6 is 104 Å². The summed E-state index contributed by atoms with van der Waals surface area (Å²) in [5.74, 6) is -0.651. The molecule has 3 heterocycles. The smallest absolute Gasteiger partial charge is 1.00 e. The predicted octanol–water partition coefficient (Wildman–Crippen LogP) is 6.15. The number of carbonyl (C=O) groups is 3. The van der Waals surface area contributed by atoms with Crippen molar-refractivity contribution in [2.24, 2.45) is 5.73 Å². The van der Waals surface area contributed by atoms with Crippen LogP contribution < -0.4 is 100 Å². The summed E-state index contributed by atoms with van der Waals surface area (Å²) in [5.41, 5.74) is 9.28. The standard InChI is InChI=1S/C23H23Cl2N3O3.C13H12Cl3N3O.C10H13BO4.C8H9Cl2N.C5H4Cl2N2O.CH2O3.2Na.H/c1-23(2,21(29)30)16-6-4-5-15(11-16)19-13-20(28-22(27-19)31-3)26-10-9-14-7-8-17(24)12-18(14)25;1-20-13-18-11(16)7-12(19-13)17-5-4-8-2-3-9(14)6-10(8)15;1-10(2,9(12)13)7-4-3-5-8(6-7)11(14)15;9-7-2-1-6(3-4-11)8(10)5-7;1-10-5-8-3(6)2-4(7)9-5;2-1-4-3;;;/h4-8,11-13H,9-10H2,1-3H3,(H,29,30)(H,26,27,28);2-3,6-7H,4-5H2,1H3,(H,17,18,19);3-6,14-15H,1-2H3,(H,12,13);1-2,5H,3-4,11H2;2H,1H3;1,3H;;;/q;;;;;;2*+1;-1/p-1. The van der Waals surface area contributed by atoms with Gasteiger partial charge in [-0.3, -0.25) is 14.4 Å². The largest absolute Gasteiger partial charge is 1.00 e. The summed E-state index contributed by atoms with van der Waals surface area (Å²) >= 11 is 52.6. The first kappa shape index (κ1) is 86.3. The molecule has 8 rings (SSSR count). The van der Waals surface area contributed by atoms with Crippen molar-refractivity contribution in [2.45, 2.75) is 57.8 Å². The van der Waals surface area contributed by atoms with Crippen molar-refractivity contribution in [3.63, 3.8) is 0 Å². The zero-order valence-electron chi connectivity index (χ0n) is 52.7. The van der Waals surface area contributed by atoms with Gasteiger partial charge in [-0.15, -0.1) is 0 Å². The van der Waals surface area contributed by atoms with Crippen molar-refractivity contribution in [1.82, 2.24) is 29.9 Å². The number of aromatic nitrogens is 6. The molecule has 0 radical (unpaired) electrons. The first-order valence-electron chi connectivity index (χ1n) is 26.5. The fourth-order valence-corrected chi connectivity index (χ4v) is 9.27. The average molecular weight is 1480 g/mol. The second-order valence-electron chi connectivity index (χ2n) is 19.4. The van der Waals surface area contributed by atoms with Crippen LogP contribution in [0, 0.1) is 0 Å². The van der Waals surface area contributed by atoms with Crippen LogP contribution in [-0.4, -0.2) is 117 Å². The van der Waals surface area contributed by atoms with E-state index in [4.69, 9.17) is 145 Å². The van der Waals surface area contributed by atoms with Crippen molar-refractivity contribution in [1.29, 1.82) is 0 Å². The molecule has 21 nitrogen and oxygen atoms in total. The van der Waals surface area contributed by atoms with E-state index >= 15 is 0 Å². The van der Waals surface area contributed by atoms with Crippen molar-refractivity contribution in [3.05, 3.63) is 195 Å². The van der Waals surface area contributed by atoms with Crippen molar-refractivity contribution in [3.8, 4) is 29.3 Å². The maximum absolute atomic E-state index is 11.6. The van der Waals surface area contributed by atoms with E-state index in [0.717, 1.165) is 35.1 Å². The Morgan fingerprint density at radius 2 is 0.925 bits per heavy atom. The Balaban J connectivity index is 0.00000119. The van der Waals surface area contributed by atoms with Crippen LogP contribution in [0.4, 0.5) is 11.6 Å². The molecule has 0 spiro atoms. The molecule has 8 N–H and O–H groups in total. The third-order valence-electron chi connectivity index (χ3n) is 12.3. The van der Waals surface area contributed by atoms with Crippen LogP contribution in [0.2, 0.25) is 45.6 Å². The first-order chi connectivity index (χ1) is 43.0. The van der Waals surface area contributed by atoms with Crippen LogP contribution in [-0.2, 0) is 49.4 Å². The zero-order valence-corrected chi connectivity index (χ0v) is 62.5. The van der Waals surface area contributed by atoms with E-state index in [1.54, 1.807) is 82.3 Å². The summed E-state index contributed by atoms with van der Waals surface area (Å²) in [6.07, 6.45) is 2.22. The van der Waals surface area contributed by atoms with Gasteiger partial charge in [-0.05, 0) is 129 Å². The molecule has 8 aromatic rings. The zero-order chi connectivity index (χ0) is 68.0. The van der Waals surface area contributed by atoms with Crippen LogP contribution in [0.1, 0.15) is 56.9 Å². The molecule has 0 bridgehead atoms. The molecule has 0 saturated carbocycles. The van der Waals surface area contributed by atoms with Crippen LogP contribution in [0.5, 0.6) is 18.0 Å². The minimum absolute atomic E-state index is 0. The molecule has 0 aliphatic carbocycles. The molecule has 0 saturated heterocycles. The van der Waals surface area contributed by atoms with Gasteiger partial charge in [0.05, 0.1) is 37.9 Å². The molecular formula is C60H63BCl9N9Na2O12. The number of nitrogens with two attached hydrogens (primary N) is 1. The molecule has 488 valence electrons. The SMILES string of the molecule is CC(C)(C(=O)O)c1cccc(B(O)O)c1.COc1nc(Cl)cc(Cl)n1.COc1nc(Cl)cc(NCCc2ccc(Cl)cc2Cl)n1.COc1nc(NCCc2ccc(Cl)cc2Cl)cc(-c2cccc(C(C)(C)C(=O)O)c2)n1.NCCc1ccc(Cl)cc1Cl.O=CO[O-].[H-].[Na+].[Na+]. The number of carboxylic acid groups (broad SMARTS) is 2. The monoisotopic (exact) mass is 1470 g/mol. The van der Waals surface area contributed by atoms with Gasteiger partial charge in [0.2, 0.25) is 0 Å². The van der Waals surface area contributed by atoms with Crippen LogP contribution in [0.15, 0.2) is 121 Å². The number of hydrogen-bond acceptors (Lipinski definition) is 19. The normalized spacial score (nSPS) is 10.2. The Kier molecular flexibility index (Phi) is 41.0. The van der Waals surface area contributed by atoms with E-state index in [-0.39, 0.29) is 95.4 Å². The number of ether oxygens (including phenoxy) is 3. The molecule has 0 aliphatic heterocycles. The van der Waals surface area contributed by atoms with Gasteiger partial charge in [0, 0.05) is 67.0 Å². The quantitative estimate of drug-likeness (QED) is 0.0148. The van der Waals surface area contributed by atoms with Crippen molar-refractivity contribution < 1.29 is 120 Å². The van der Waals surface area contributed by atoms with Gasteiger partial charge in [0.15, 0.2) is 0 Å². The van der Waals surface area contributed by atoms with E-state index in [1.807, 2.05) is 48.5 Å². The number of benzene rings is 5. The molecule has 5 aromatic carbocycles. The van der Waals surface area contributed by atoms with Crippen LogP contribution in [0.25, 0.3) is 11.3 Å². The average Bonchev–Trinajstić information content (AvgIpc) is 0.846. The number of methoxy groups -OCH3 is 3. The molecule has 0 unspecified atom stereocenters. The van der Waals surface area contributed by atoms with E-state index in [2.05, 4.69) is 50.2 Å². The van der Waals surface area contributed by atoms with Gasteiger partial charge >= 0.3 is 96.2 Å². The predicted molar refractivity (Wildman–Crippen MR) is 359 cm³/mol. The van der Waals surface area contributed by atoms with Gasteiger partial charge in [0.25, 0.3) is 6.47 Å². The van der Waals surface area contributed by atoms with Gasteiger partial charge in [-0.2, -0.15) is 29.9 Å². The van der Waals surface area contributed by atoms with E-state index in [0.29, 0.717) is 95.3 Å². The number of nitrogens with one attached hydrogen (secondary N) is 2. The number of carbonyl (C=O) groups excluding carboxylic acids is 1. The maximum atomic E-state index is 11.6. The number of aliphatic carboxylic acids is 2. The number of halogens is 9. The number of nitrogens with zero attached hydrogens (tertiary/aromatic N) is 6. The van der Waals surface area contributed by atoms with Gasteiger partial charge < -0.3 is 62.4 Å². The summed E-state index contributed by atoms with van der Waals surface area (Å²) in [6, 6.07) is 35.4. The third-order valence-corrected chi connectivity index (χ3v) is 14.7. The molecule has 93 heavy (non-hydrogen) atoms. The molecule has 0 fully saturated rings. The van der Waals surface area contributed by atoms with Gasteiger partial charge in [-0.25, -0.2) is 0 Å².